The van der Waals surface area contributed by atoms with Crippen LogP contribution >= 0.6 is 0 Å². The molecule has 0 spiro atoms. The van der Waals surface area contributed by atoms with Crippen molar-refractivity contribution in [2.45, 2.75) is 20.0 Å². The van der Waals surface area contributed by atoms with Gasteiger partial charge in [-0.15, -0.1) is 0 Å². The number of carbonyl (C=O) groups is 2. The number of anilines is 1. The molecule has 1 aromatic carbocycles. The van der Waals surface area contributed by atoms with Crippen molar-refractivity contribution < 1.29 is 18.7 Å². The lowest BCUT2D eigenvalue weighted by Gasteiger charge is -2.13. The maximum atomic E-state index is 12.8. The van der Waals surface area contributed by atoms with Crippen LogP contribution in [0.25, 0.3) is 0 Å². The fourth-order valence-corrected chi connectivity index (χ4v) is 1.31. The van der Waals surface area contributed by atoms with Crippen molar-refractivity contribution in [2.75, 3.05) is 12.3 Å². The van der Waals surface area contributed by atoms with E-state index in [1.807, 2.05) is 0 Å². The summed E-state index contributed by atoms with van der Waals surface area (Å²) in [5.74, 6) is -1.70. The lowest BCUT2D eigenvalue weighted by Crippen LogP contribution is -2.35. The minimum absolute atomic E-state index is 0.0249. The number of esters is 1. The first kappa shape index (κ1) is 14.0. The van der Waals surface area contributed by atoms with Crippen LogP contribution in [-0.4, -0.2) is 24.5 Å². The zero-order valence-electron chi connectivity index (χ0n) is 10.2. The number of benzene rings is 1. The van der Waals surface area contributed by atoms with Crippen LogP contribution in [0.15, 0.2) is 18.2 Å². The van der Waals surface area contributed by atoms with E-state index in [9.17, 15) is 14.0 Å². The second-order valence-electron chi connectivity index (χ2n) is 3.67. The third-order valence-electron chi connectivity index (χ3n) is 2.24. The molecule has 0 saturated carbocycles. The van der Waals surface area contributed by atoms with Gasteiger partial charge < -0.3 is 15.8 Å². The molecule has 5 nitrogen and oxygen atoms in total. The van der Waals surface area contributed by atoms with E-state index in [2.05, 4.69) is 5.32 Å². The zero-order valence-corrected chi connectivity index (χ0v) is 10.2. The molecule has 0 unspecified atom stereocenters. The second-order valence-corrected chi connectivity index (χ2v) is 3.67. The fourth-order valence-electron chi connectivity index (χ4n) is 1.31. The van der Waals surface area contributed by atoms with Crippen molar-refractivity contribution in [3.05, 3.63) is 29.6 Å². The van der Waals surface area contributed by atoms with Gasteiger partial charge in [0.2, 0.25) is 0 Å². The van der Waals surface area contributed by atoms with Crippen LogP contribution in [0.2, 0.25) is 0 Å². The van der Waals surface area contributed by atoms with Crippen LogP contribution in [0.3, 0.4) is 0 Å². The van der Waals surface area contributed by atoms with Crippen LogP contribution in [0.5, 0.6) is 0 Å². The maximum absolute atomic E-state index is 12.8. The number of likely N-dealkylation sites (N-methyl/N-ethyl adjacent to an activating group) is 1. The Morgan fingerprint density at radius 1 is 1.50 bits per heavy atom. The van der Waals surface area contributed by atoms with Gasteiger partial charge in [-0.05, 0) is 32.0 Å². The molecule has 6 heteroatoms. The first-order valence-electron chi connectivity index (χ1n) is 5.49. The first-order valence-corrected chi connectivity index (χ1v) is 5.49. The van der Waals surface area contributed by atoms with Gasteiger partial charge in [0.15, 0.2) is 6.10 Å². The molecule has 0 radical (unpaired) electrons. The summed E-state index contributed by atoms with van der Waals surface area (Å²) in [5, 5.41) is 2.52. The quantitative estimate of drug-likeness (QED) is 0.622. The Balaban J connectivity index is 2.73. The Labute approximate surface area is 104 Å². The minimum Gasteiger partial charge on any atom is -0.449 e. The van der Waals surface area contributed by atoms with E-state index in [1.165, 1.54) is 13.0 Å². The van der Waals surface area contributed by atoms with Crippen molar-refractivity contribution >= 4 is 17.6 Å². The Bertz CT molecular complexity index is 463. The number of hydrogen-bond donors (Lipinski definition) is 2. The normalized spacial score (nSPS) is 11.7. The molecule has 98 valence electrons. The number of halogens is 1. The molecule has 0 aliphatic rings. The topological polar surface area (TPSA) is 81.4 Å². The molecule has 0 fully saturated rings. The highest BCUT2D eigenvalue weighted by Gasteiger charge is 2.19. The highest BCUT2D eigenvalue weighted by atomic mass is 19.1. The number of amides is 1. The number of nitrogen functional groups attached to an aromatic ring is 1. The summed E-state index contributed by atoms with van der Waals surface area (Å²) < 4.78 is 17.7. The molecular formula is C12H15FN2O3. The fraction of sp³-hybridized carbons (Fsp3) is 0.333. The zero-order chi connectivity index (χ0) is 13.7. The number of ether oxygens (including phenoxy) is 1. The molecule has 1 rings (SSSR count). The molecule has 1 atom stereocenters. The van der Waals surface area contributed by atoms with Gasteiger partial charge in [-0.3, -0.25) is 4.79 Å². The molecule has 0 aliphatic heterocycles. The molecule has 0 aliphatic carbocycles. The van der Waals surface area contributed by atoms with Crippen LogP contribution in [0.1, 0.15) is 24.2 Å². The van der Waals surface area contributed by atoms with Gasteiger partial charge in [-0.2, -0.15) is 0 Å². The smallest absolute Gasteiger partial charge is 0.341 e. The summed E-state index contributed by atoms with van der Waals surface area (Å²) >= 11 is 0. The second kappa shape index (κ2) is 6.00. The molecule has 0 heterocycles. The number of rotatable bonds is 4. The Kier molecular flexibility index (Phi) is 4.65. The number of carbonyl (C=O) groups excluding carboxylic acids is 2. The molecule has 3 N–H and O–H groups in total. The van der Waals surface area contributed by atoms with E-state index in [1.54, 1.807) is 6.92 Å². The minimum atomic E-state index is -0.929. The van der Waals surface area contributed by atoms with Crippen molar-refractivity contribution in [1.29, 1.82) is 0 Å². The van der Waals surface area contributed by atoms with Gasteiger partial charge in [-0.1, -0.05) is 0 Å². The predicted octanol–water partition coefficient (Wildman–Crippen LogP) is 1.09. The summed E-state index contributed by atoms with van der Waals surface area (Å²) in [5.41, 5.74) is 5.50. The van der Waals surface area contributed by atoms with Crippen LogP contribution < -0.4 is 11.1 Å². The van der Waals surface area contributed by atoms with Crippen molar-refractivity contribution in [1.82, 2.24) is 5.32 Å². The third-order valence-corrected chi connectivity index (χ3v) is 2.24. The lowest BCUT2D eigenvalue weighted by atomic mass is 10.2. The molecule has 0 bridgehead atoms. The Morgan fingerprint density at radius 2 is 2.17 bits per heavy atom. The average Bonchev–Trinajstić information content (AvgIpc) is 2.28. The first-order chi connectivity index (χ1) is 8.45. The summed E-state index contributed by atoms with van der Waals surface area (Å²) in [4.78, 5) is 23.1. The van der Waals surface area contributed by atoms with Crippen molar-refractivity contribution in [3.63, 3.8) is 0 Å². The van der Waals surface area contributed by atoms with Gasteiger partial charge in [0.25, 0.3) is 5.91 Å². The third kappa shape index (κ3) is 3.44. The largest absolute Gasteiger partial charge is 0.449 e. The summed E-state index contributed by atoms with van der Waals surface area (Å²) in [6.07, 6.45) is -0.929. The summed E-state index contributed by atoms with van der Waals surface area (Å²) in [7, 11) is 0. The van der Waals surface area contributed by atoms with Crippen molar-refractivity contribution in [3.8, 4) is 0 Å². The SMILES string of the molecule is CCNC(=O)[C@H](C)OC(=O)c1ccc(F)cc1N. The number of nitrogens with one attached hydrogen (secondary N) is 1. The Morgan fingerprint density at radius 3 is 2.72 bits per heavy atom. The van der Waals surface area contributed by atoms with Crippen LogP contribution in [0, 0.1) is 5.82 Å². The molecular weight excluding hydrogens is 239 g/mol. The van der Waals surface area contributed by atoms with E-state index in [4.69, 9.17) is 10.5 Å². The molecule has 18 heavy (non-hydrogen) atoms. The average molecular weight is 254 g/mol. The van der Waals surface area contributed by atoms with Crippen LogP contribution in [-0.2, 0) is 9.53 Å². The van der Waals surface area contributed by atoms with E-state index >= 15 is 0 Å². The highest BCUT2D eigenvalue weighted by Crippen LogP contribution is 2.15. The molecule has 1 aromatic rings. The van der Waals surface area contributed by atoms with E-state index in [-0.39, 0.29) is 11.3 Å². The monoisotopic (exact) mass is 254 g/mol. The summed E-state index contributed by atoms with van der Waals surface area (Å²) in [6.45, 7) is 3.65. The Hall–Kier alpha value is -2.11. The van der Waals surface area contributed by atoms with Gasteiger partial charge in [0, 0.05) is 12.2 Å². The standard InChI is InChI=1S/C12H15FN2O3/c1-3-15-11(16)7(2)18-12(17)9-5-4-8(13)6-10(9)14/h4-7H,3,14H2,1-2H3,(H,15,16)/t7-/m0/s1. The summed E-state index contributed by atoms with van der Waals surface area (Å²) in [6, 6.07) is 3.34. The van der Waals surface area contributed by atoms with E-state index in [0.717, 1.165) is 12.1 Å². The van der Waals surface area contributed by atoms with Gasteiger partial charge >= 0.3 is 5.97 Å². The molecule has 0 aromatic heterocycles. The predicted molar refractivity (Wildman–Crippen MR) is 64.4 cm³/mol. The lowest BCUT2D eigenvalue weighted by molar-refractivity contribution is -0.128. The highest BCUT2D eigenvalue weighted by molar-refractivity contribution is 5.96. The van der Waals surface area contributed by atoms with E-state index in [0.29, 0.717) is 6.54 Å². The number of nitrogens with two attached hydrogens (primary N) is 1. The van der Waals surface area contributed by atoms with Crippen LogP contribution in [0.4, 0.5) is 10.1 Å². The van der Waals surface area contributed by atoms with Crippen molar-refractivity contribution in [2.24, 2.45) is 0 Å². The number of hydrogen-bond acceptors (Lipinski definition) is 4. The maximum Gasteiger partial charge on any atom is 0.341 e. The van der Waals surface area contributed by atoms with Gasteiger partial charge in [-0.25, -0.2) is 9.18 Å². The van der Waals surface area contributed by atoms with Gasteiger partial charge in [0.05, 0.1) is 5.56 Å². The molecule has 0 saturated heterocycles. The van der Waals surface area contributed by atoms with Gasteiger partial charge in [0.1, 0.15) is 5.82 Å². The molecule has 1 amide bonds. The van der Waals surface area contributed by atoms with E-state index < -0.39 is 23.8 Å².